The standard InChI is InChI=1S/C21H23N3O3/c1-5-24-18-9-8-15(11-17(18)23-20(26)21(24)27)19(25)22-14(4)16-10-12(2)6-7-13(16)3/h6-11,14H,5H2,1-4H3,(H,22,25)(H,23,26). The number of fused-ring (bicyclic) bond motifs is 1. The molecule has 1 unspecified atom stereocenters. The minimum absolute atomic E-state index is 0.156. The number of aryl methyl sites for hydroxylation is 3. The van der Waals surface area contributed by atoms with Gasteiger partial charge in [-0.15, -0.1) is 0 Å². The number of rotatable bonds is 4. The lowest BCUT2D eigenvalue weighted by Crippen LogP contribution is -2.36. The third-order valence-corrected chi connectivity index (χ3v) is 4.80. The molecule has 1 amide bonds. The SMILES string of the molecule is CCn1c(=O)c(=O)[nH]c2cc(C(=O)NC(C)c3cc(C)ccc3C)ccc21. The third-order valence-electron chi connectivity index (χ3n) is 4.80. The lowest BCUT2D eigenvalue weighted by Gasteiger charge is -2.17. The van der Waals surface area contributed by atoms with Crippen molar-refractivity contribution < 1.29 is 4.79 Å². The van der Waals surface area contributed by atoms with Crippen LogP contribution in [0, 0.1) is 13.8 Å². The molecule has 1 aromatic heterocycles. The van der Waals surface area contributed by atoms with Gasteiger partial charge in [-0.1, -0.05) is 23.8 Å². The fourth-order valence-corrected chi connectivity index (χ4v) is 3.32. The van der Waals surface area contributed by atoms with Gasteiger partial charge in [0.1, 0.15) is 0 Å². The van der Waals surface area contributed by atoms with Crippen LogP contribution in [0.5, 0.6) is 0 Å². The van der Waals surface area contributed by atoms with Crippen molar-refractivity contribution in [1.82, 2.24) is 14.9 Å². The van der Waals surface area contributed by atoms with E-state index < -0.39 is 11.1 Å². The number of carbonyl (C=O) groups excluding carboxylic acids is 1. The number of hydrogen-bond donors (Lipinski definition) is 2. The molecule has 3 rings (SSSR count). The minimum atomic E-state index is -0.689. The molecular formula is C21H23N3O3. The van der Waals surface area contributed by atoms with E-state index in [0.717, 1.165) is 16.7 Å². The van der Waals surface area contributed by atoms with Crippen molar-refractivity contribution in [3.05, 3.63) is 79.4 Å². The first-order valence-electron chi connectivity index (χ1n) is 8.96. The maximum absolute atomic E-state index is 12.7. The predicted octanol–water partition coefficient (Wildman–Crippen LogP) is 2.82. The molecule has 0 aliphatic carbocycles. The number of amides is 1. The first kappa shape index (κ1) is 18.6. The van der Waals surface area contributed by atoms with E-state index in [1.807, 2.05) is 32.9 Å². The molecule has 3 aromatic rings. The van der Waals surface area contributed by atoms with Crippen molar-refractivity contribution in [2.24, 2.45) is 0 Å². The van der Waals surface area contributed by atoms with Gasteiger partial charge in [-0.2, -0.15) is 0 Å². The summed E-state index contributed by atoms with van der Waals surface area (Å²) in [7, 11) is 0. The minimum Gasteiger partial charge on any atom is -0.346 e. The molecule has 1 heterocycles. The van der Waals surface area contributed by atoms with Crippen LogP contribution in [-0.2, 0) is 6.54 Å². The number of aromatic nitrogens is 2. The van der Waals surface area contributed by atoms with E-state index in [-0.39, 0.29) is 11.9 Å². The molecule has 27 heavy (non-hydrogen) atoms. The van der Waals surface area contributed by atoms with Crippen molar-refractivity contribution in [3.8, 4) is 0 Å². The molecule has 0 saturated heterocycles. The van der Waals surface area contributed by atoms with Gasteiger partial charge in [0.25, 0.3) is 5.91 Å². The highest BCUT2D eigenvalue weighted by atomic mass is 16.2. The van der Waals surface area contributed by atoms with E-state index in [2.05, 4.69) is 16.4 Å². The second-order valence-electron chi connectivity index (χ2n) is 6.79. The molecule has 1 atom stereocenters. The third kappa shape index (κ3) is 3.56. The monoisotopic (exact) mass is 365 g/mol. The Morgan fingerprint density at radius 1 is 1.15 bits per heavy atom. The maximum atomic E-state index is 12.7. The zero-order valence-corrected chi connectivity index (χ0v) is 15.9. The van der Waals surface area contributed by atoms with Crippen LogP contribution in [0.25, 0.3) is 11.0 Å². The normalized spacial score (nSPS) is 12.1. The van der Waals surface area contributed by atoms with Gasteiger partial charge in [0.2, 0.25) is 0 Å². The summed E-state index contributed by atoms with van der Waals surface area (Å²) in [6.45, 7) is 8.16. The number of nitrogens with one attached hydrogen (secondary N) is 2. The summed E-state index contributed by atoms with van der Waals surface area (Å²) in [5, 5.41) is 3.00. The number of aromatic amines is 1. The highest BCUT2D eigenvalue weighted by molar-refractivity contribution is 5.97. The molecule has 0 saturated carbocycles. The van der Waals surface area contributed by atoms with Gasteiger partial charge in [-0.3, -0.25) is 14.4 Å². The van der Waals surface area contributed by atoms with Crippen LogP contribution in [0.4, 0.5) is 0 Å². The van der Waals surface area contributed by atoms with Crippen LogP contribution in [0.15, 0.2) is 46.0 Å². The van der Waals surface area contributed by atoms with Crippen LogP contribution in [0.2, 0.25) is 0 Å². The van der Waals surface area contributed by atoms with Gasteiger partial charge in [0.05, 0.1) is 17.1 Å². The van der Waals surface area contributed by atoms with Crippen molar-refractivity contribution in [2.45, 2.75) is 40.3 Å². The van der Waals surface area contributed by atoms with E-state index in [1.54, 1.807) is 25.1 Å². The highest BCUT2D eigenvalue weighted by Crippen LogP contribution is 2.20. The lowest BCUT2D eigenvalue weighted by molar-refractivity contribution is 0.0940. The van der Waals surface area contributed by atoms with Gasteiger partial charge in [0.15, 0.2) is 0 Å². The van der Waals surface area contributed by atoms with E-state index in [9.17, 15) is 14.4 Å². The number of benzene rings is 2. The lowest BCUT2D eigenvalue weighted by atomic mass is 9.99. The highest BCUT2D eigenvalue weighted by Gasteiger charge is 2.15. The van der Waals surface area contributed by atoms with Crippen molar-refractivity contribution in [1.29, 1.82) is 0 Å². The molecule has 6 nitrogen and oxygen atoms in total. The summed E-state index contributed by atoms with van der Waals surface area (Å²) < 4.78 is 1.40. The number of H-pyrrole nitrogens is 1. The molecule has 0 bridgehead atoms. The Morgan fingerprint density at radius 2 is 1.89 bits per heavy atom. The zero-order chi connectivity index (χ0) is 19.7. The van der Waals surface area contributed by atoms with Crippen LogP contribution in [0.3, 0.4) is 0 Å². The van der Waals surface area contributed by atoms with E-state index in [4.69, 9.17) is 0 Å². The molecule has 140 valence electrons. The van der Waals surface area contributed by atoms with E-state index in [0.29, 0.717) is 23.1 Å². The van der Waals surface area contributed by atoms with E-state index in [1.165, 1.54) is 4.57 Å². The van der Waals surface area contributed by atoms with Crippen molar-refractivity contribution >= 4 is 16.9 Å². The largest absolute Gasteiger partial charge is 0.346 e. The summed E-state index contributed by atoms with van der Waals surface area (Å²) in [4.78, 5) is 39.0. The van der Waals surface area contributed by atoms with Gasteiger partial charge in [-0.05, 0) is 57.0 Å². The fraction of sp³-hybridized carbons (Fsp3) is 0.286. The van der Waals surface area contributed by atoms with Gasteiger partial charge < -0.3 is 14.9 Å². The average molecular weight is 365 g/mol. The molecule has 2 aromatic carbocycles. The molecule has 0 radical (unpaired) electrons. The summed E-state index contributed by atoms with van der Waals surface area (Å²) >= 11 is 0. The summed E-state index contributed by atoms with van der Waals surface area (Å²) in [5.41, 5.74) is 3.53. The van der Waals surface area contributed by atoms with E-state index >= 15 is 0 Å². The fourth-order valence-electron chi connectivity index (χ4n) is 3.32. The molecule has 0 aliphatic heterocycles. The molecule has 6 heteroatoms. The van der Waals surface area contributed by atoms with Gasteiger partial charge in [0, 0.05) is 12.1 Å². The quantitative estimate of drug-likeness (QED) is 0.697. The van der Waals surface area contributed by atoms with Gasteiger partial charge in [-0.25, -0.2) is 0 Å². The molecular weight excluding hydrogens is 342 g/mol. The predicted molar refractivity (Wildman–Crippen MR) is 106 cm³/mol. The molecule has 2 N–H and O–H groups in total. The van der Waals surface area contributed by atoms with Crippen LogP contribution in [-0.4, -0.2) is 15.5 Å². The Balaban J connectivity index is 1.94. The molecule has 0 fully saturated rings. The Hall–Kier alpha value is -3.15. The van der Waals surface area contributed by atoms with Crippen molar-refractivity contribution in [2.75, 3.05) is 0 Å². The van der Waals surface area contributed by atoms with Crippen LogP contribution in [0.1, 0.15) is 46.9 Å². The first-order chi connectivity index (χ1) is 12.8. The second-order valence-corrected chi connectivity index (χ2v) is 6.79. The molecule has 0 aliphatic rings. The zero-order valence-electron chi connectivity index (χ0n) is 15.9. The summed E-state index contributed by atoms with van der Waals surface area (Å²) in [6, 6.07) is 11.0. The summed E-state index contributed by atoms with van der Waals surface area (Å²) in [5.74, 6) is -0.236. The molecule has 0 spiro atoms. The van der Waals surface area contributed by atoms with Gasteiger partial charge >= 0.3 is 11.1 Å². The Labute approximate surface area is 156 Å². The van der Waals surface area contributed by atoms with Crippen LogP contribution >= 0.6 is 0 Å². The second kappa shape index (κ2) is 7.23. The number of nitrogens with zero attached hydrogens (tertiary/aromatic N) is 1. The summed E-state index contributed by atoms with van der Waals surface area (Å²) in [6.07, 6.45) is 0. The smallest absolute Gasteiger partial charge is 0.316 e. The Bertz CT molecular complexity index is 1140. The van der Waals surface area contributed by atoms with Crippen LogP contribution < -0.4 is 16.4 Å². The number of hydrogen-bond acceptors (Lipinski definition) is 3. The topological polar surface area (TPSA) is 84.0 Å². The Kier molecular flexibility index (Phi) is 4.99. The first-order valence-corrected chi connectivity index (χ1v) is 8.96. The number of carbonyl (C=O) groups is 1. The van der Waals surface area contributed by atoms with Crippen molar-refractivity contribution in [3.63, 3.8) is 0 Å². The maximum Gasteiger partial charge on any atom is 0.316 e. The Morgan fingerprint density at radius 3 is 2.59 bits per heavy atom. The average Bonchev–Trinajstić information content (AvgIpc) is 2.64.